The predicted octanol–water partition coefficient (Wildman–Crippen LogP) is 4.17. The molecule has 2 saturated heterocycles. The van der Waals surface area contributed by atoms with Gasteiger partial charge in [0.2, 0.25) is 0 Å². The Morgan fingerprint density at radius 3 is 2.57 bits per heavy atom. The van der Waals surface area contributed by atoms with Crippen molar-refractivity contribution in [3.8, 4) is 5.88 Å². The molecule has 0 spiro atoms. The monoisotopic (exact) mass is 433 g/mol. The second kappa shape index (κ2) is 8.55. The number of pyridine rings is 1. The van der Waals surface area contributed by atoms with E-state index in [0.29, 0.717) is 5.92 Å². The highest BCUT2D eigenvalue weighted by atomic mass is 35.5. The number of halogens is 2. The fourth-order valence-electron chi connectivity index (χ4n) is 4.68. The van der Waals surface area contributed by atoms with Crippen LogP contribution in [0.3, 0.4) is 0 Å². The van der Waals surface area contributed by atoms with Crippen molar-refractivity contribution in [1.29, 1.82) is 0 Å². The van der Waals surface area contributed by atoms with Gasteiger partial charge in [-0.3, -0.25) is 14.9 Å². The quantitative estimate of drug-likeness (QED) is 0.504. The van der Waals surface area contributed by atoms with E-state index in [9.17, 15) is 19.3 Å². The highest BCUT2D eigenvalue weighted by Gasteiger charge is 2.43. The summed E-state index contributed by atoms with van der Waals surface area (Å²) in [4.78, 5) is 29.1. The molecule has 30 heavy (non-hydrogen) atoms. The number of nitrogens with zero attached hydrogens (tertiary/aromatic N) is 3. The number of carbonyl (C=O) groups is 1. The van der Waals surface area contributed by atoms with Crippen LogP contribution in [-0.4, -0.2) is 39.4 Å². The fourth-order valence-corrected chi connectivity index (χ4v) is 4.83. The van der Waals surface area contributed by atoms with E-state index in [1.54, 1.807) is 0 Å². The summed E-state index contributed by atoms with van der Waals surface area (Å²) in [7, 11) is 0. The maximum atomic E-state index is 13.1. The molecule has 2 bridgehead atoms. The predicted molar refractivity (Wildman–Crippen MR) is 108 cm³/mol. The van der Waals surface area contributed by atoms with Crippen molar-refractivity contribution in [3.05, 3.63) is 63.0 Å². The maximum absolute atomic E-state index is 13.1. The van der Waals surface area contributed by atoms with Gasteiger partial charge in [-0.05, 0) is 55.7 Å². The van der Waals surface area contributed by atoms with Crippen molar-refractivity contribution in [3.63, 3.8) is 0 Å². The molecule has 1 amide bonds. The number of benzene rings is 1. The first kappa shape index (κ1) is 20.5. The number of piperidine rings is 1. The van der Waals surface area contributed by atoms with E-state index in [-0.39, 0.29) is 47.0 Å². The number of carbonyl (C=O) groups excluding carboxylic acids is 1. The molecular weight excluding hydrogens is 413 g/mol. The number of ether oxygens (including phenoxy) is 1. The van der Waals surface area contributed by atoms with Crippen molar-refractivity contribution >= 4 is 23.2 Å². The Morgan fingerprint density at radius 2 is 1.93 bits per heavy atom. The maximum Gasteiger partial charge on any atom is 0.332 e. The van der Waals surface area contributed by atoms with Crippen molar-refractivity contribution in [2.75, 3.05) is 6.61 Å². The Labute approximate surface area is 178 Å². The summed E-state index contributed by atoms with van der Waals surface area (Å²) in [5.41, 5.74) is 0.737. The van der Waals surface area contributed by atoms with Crippen molar-refractivity contribution in [2.24, 2.45) is 5.92 Å². The van der Waals surface area contributed by atoms with Gasteiger partial charge in [0.1, 0.15) is 5.82 Å². The van der Waals surface area contributed by atoms with Crippen LogP contribution in [0.15, 0.2) is 36.5 Å². The first-order chi connectivity index (χ1) is 14.4. The fraction of sp³-hybridized carbons (Fsp3) is 0.429. The van der Waals surface area contributed by atoms with Gasteiger partial charge in [0, 0.05) is 18.2 Å². The smallest absolute Gasteiger partial charge is 0.332 e. The van der Waals surface area contributed by atoms with Crippen LogP contribution in [0, 0.1) is 21.8 Å². The van der Waals surface area contributed by atoms with Crippen molar-refractivity contribution in [2.45, 2.75) is 44.2 Å². The molecule has 0 radical (unpaired) electrons. The molecule has 7 nitrogen and oxygen atoms in total. The Bertz CT molecular complexity index is 942. The third kappa shape index (κ3) is 4.38. The second-order valence-corrected chi connectivity index (χ2v) is 8.31. The molecule has 9 heteroatoms. The molecule has 4 rings (SSSR count). The number of aromatic nitrogens is 1. The second-order valence-electron chi connectivity index (χ2n) is 7.88. The number of hydrogen-bond acceptors (Lipinski definition) is 5. The summed E-state index contributed by atoms with van der Waals surface area (Å²) in [5, 5.41) is 11.3. The molecule has 2 aliphatic heterocycles. The van der Waals surface area contributed by atoms with Gasteiger partial charge in [-0.2, -0.15) is 0 Å². The topological polar surface area (TPSA) is 85.6 Å². The summed E-state index contributed by atoms with van der Waals surface area (Å²) in [6.45, 7) is -0.300. The van der Waals surface area contributed by atoms with Crippen LogP contribution >= 0.6 is 11.6 Å². The lowest BCUT2D eigenvalue weighted by Crippen LogP contribution is -2.48. The summed E-state index contributed by atoms with van der Waals surface area (Å²) >= 11 is 5.75. The average Bonchev–Trinajstić information content (AvgIpc) is 2.99. The summed E-state index contributed by atoms with van der Waals surface area (Å²) in [6.07, 6.45) is 5.77. The lowest BCUT2D eigenvalue weighted by molar-refractivity contribution is -0.386. The number of rotatable bonds is 6. The van der Waals surface area contributed by atoms with Gasteiger partial charge in [-0.1, -0.05) is 23.7 Å². The number of amides is 1. The molecule has 1 aromatic carbocycles. The molecule has 2 unspecified atom stereocenters. The molecule has 0 aliphatic carbocycles. The highest BCUT2D eigenvalue weighted by Crippen LogP contribution is 2.40. The van der Waals surface area contributed by atoms with Crippen LogP contribution < -0.4 is 4.74 Å². The van der Waals surface area contributed by atoms with Crippen LogP contribution in [0.4, 0.5) is 10.1 Å². The Hall–Kier alpha value is -2.74. The standard InChI is InChI=1S/C21H21ClFN3O4/c22-15-10-19(26(28)29)21(24-11-15)30-12-20(27)25-17-5-6-18(25)9-14(8-17)7-13-1-3-16(23)4-2-13/h1-4,10-11,14,17-18H,5-9,12H2. The Balaban J connectivity index is 1.37. The molecule has 3 heterocycles. The number of hydrogen-bond donors (Lipinski definition) is 0. The van der Waals surface area contributed by atoms with Gasteiger partial charge in [-0.25, -0.2) is 9.37 Å². The lowest BCUT2D eigenvalue weighted by atomic mass is 9.86. The van der Waals surface area contributed by atoms with E-state index in [4.69, 9.17) is 16.3 Å². The molecule has 2 aromatic rings. The molecule has 2 atom stereocenters. The molecule has 2 fully saturated rings. The van der Waals surface area contributed by atoms with E-state index in [1.807, 2.05) is 17.0 Å². The van der Waals surface area contributed by atoms with Gasteiger partial charge in [0.05, 0.1) is 16.1 Å². The minimum absolute atomic E-state index is 0.127. The zero-order valence-corrected chi connectivity index (χ0v) is 16.9. The molecule has 1 aromatic heterocycles. The molecular formula is C21H21ClFN3O4. The molecule has 2 aliphatic rings. The molecule has 158 valence electrons. The van der Waals surface area contributed by atoms with Gasteiger partial charge in [0.25, 0.3) is 11.8 Å². The largest absolute Gasteiger partial charge is 0.463 e. The molecule has 0 N–H and O–H groups in total. The first-order valence-corrected chi connectivity index (χ1v) is 10.3. The van der Waals surface area contributed by atoms with Crippen molar-refractivity contribution < 1.29 is 18.8 Å². The van der Waals surface area contributed by atoms with E-state index < -0.39 is 4.92 Å². The normalized spacial score (nSPS) is 22.7. The van der Waals surface area contributed by atoms with Crippen LogP contribution in [-0.2, 0) is 11.2 Å². The zero-order valence-electron chi connectivity index (χ0n) is 16.2. The highest BCUT2D eigenvalue weighted by molar-refractivity contribution is 6.30. The van der Waals surface area contributed by atoms with Gasteiger partial charge >= 0.3 is 5.69 Å². The van der Waals surface area contributed by atoms with Crippen LogP contribution in [0.5, 0.6) is 5.88 Å². The van der Waals surface area contributed by atoms with Crippen LogP contribution in [0.2, 0.25) is 5.02 Å². The molecule has 0 saturated carbocycles. The minimum atomic E-state index is -0.636. The van der Waals surface area contributed by atoms with E-state index in [0.717, 1.165) is 43.7 Å². The van der Waals surface area contributed by atoms with E-state index >= 15 is 0 Å². The number of fused-ring (bicyclic) bond motifs is 2. The van der Waals surface area contributed by atoms with Gasteiger partial charge in [0.15, 0.2) is 6.61 Å². The minimum Gasteiger partial charge on any atom is -0.463 e. The first-order valence-electron chi connectivity index (χ1n) is 9.89. The van der Waals surface area contributed by atoms with Crippen LogP contribution in [0.1, 0.15) is 31.2 Å². The van der Waals surface area contributed by atoms with Crippen LogP contribution in [0.25, 0.3) is 0 Å². The number of nitro groups is 1. The Kier molecular flexibility index (Phi) is 5.85. The Morgan fingerprint density at radius 1 is 1.27 bits per heavy atom. The van der Waals surface area contributed by atoms with Gasteiger partial charge in [-0.15, -0.1) is 0 Å². The van der Waals surface area contributed by atoms with E-state index in [1.165, 1.54) is 18.3 Å². The SMILES string of the molecule is O=C(COc1ncc(Cl)cc1[N+](=O)[O-])N1C2CCC1CC(Cc1ccc(F)cc1)C2. The summed E-state index contributed by atoms with van der Waals surface area (Å²) in [6, 6.07) is 8.01. The third-order valence-corrected chi connectivity index (χ3v) is 6.09. The average molecular weight is 434 g/mol. The van der Waals surface area contributed by atoms with Crippen molar-refractivity contribution in [1.82, 2.24) is 9.88 Å². The third-order valence-electron chi connectivity index (χ3n) is 5.88. The summed E-state index contributed by atoms with van der Waals surface area (Å²) in [5.74, 6) is -0.198. The van der Waals surface area contributed by atoms with E-state index in [2.05, 4.69) is 4.98 Å². The lowest BCUT2D eigenvalue weighted by Gasteiger charge is -2.39. The van der Waals surface area contributed by atoms with Gasteiger partial charge < -0.3 is 9.64 Å². The summed E-state index contributed by atoms with van der Waals surface area (Å²) < 4.78 is 18.5. The zero-order chi connectivity index (χ0) is 21.3.